The smallest absolute Gasteiger partial charge is 0.304 e. The lowest BCUT2D eigenvalue weighted by Crippen LogP contribution is -2.25. The predicted molar refractivity (Wildman–Crippen MR) is 132 cm³/mol. The van der Waals surface area contributed by atoms with Gasteiger partial charge in [-0.1, -0.05) is 70.1 Å². The Balaban J connectivity index is 0.00000149. The summed E-state index contributed by atoms with van der Waals surface area (Å²) in [4.78, 5) is 16.4. The third-order valence-electron chi connectivity index (χ3n) is 6.68. The minimum absolute atomic E-state index is 0.00601. The molecule has 2 aliphatic rings. The molecule has 1 aliphatic heterocycles. The molecule has 0 radical (unpaired) electrons. The maximum Gasteiger partial charge on any atom is 0.304 e. The molecule has 0 spiro atoms. The van der Waals surface area contributed by atoms with Gasteiger partial charge in [0.25, 0.3) is 0 Å². The van der Waals surface area contributed by atoms with Crippen molar-refractivity contribution in [2.45, 2.75) is 84.2 Å². The number of carboxylic acids is 1. The summed E-state index contributed by atoms with van der Waals surface area (Å²) in [6, 6.07) is 14.4. The van der Waals surface area contributed by atoms with Crippen LogP contribution in [-0.2, 0) is 21.7 Å². The average molecular weight is 452 g/mol. The molecule has 2 aromatic rings. The van der Waals surface area contributed by atoms with Crippen molar-refractivity contribution < 1.29 is 19.5 Å². The van der Waals surface area contributed by atoms with E-state index in [1.807, 2.05) is 38.1 Å². The first-order valence-electron chi connectivity index (χ1n) is 12.1. The van der Waals surface area contributed by atoms with Gasteiger partial charge in [-0.05, 0) is 58.6 Å². The molecule has 4 rings (SSSR count). The van der Waals surface area contributed by atoms with E-state index in [0.29, 0.717) is 25.6 Å². The molecule has 1 aliphatic carbocycles. The van der Waals surface area contributed by atoms with Crippen molar-refractivity contribution in [3.05, 3.63) is 64.7 Å². The van der Waals surface area contributed by atoms with Crippen LogP contribution in [0.2, 0.25) is 0 Å². The monoisotopic (exact) mass is 451 g/mol. The summed E-state index contributed by atoms with van der Waals surface area (Å²) in [6.07, 6.45) is 3.13. The second-order valence-electron chi connectivity index (χ2n) is 9.42. The van der Waals surface area contributed by atoms with Crippen LogP contribution in [0.3, 0.4) is 0 Å². The number of aliphatic carboxylic acids is 1. The van der Waals surface area contributed by atoms with Crippen molar-refractivity contribution in [2.75, 3.05) is 6.61 Å². The van der Waals surface area contributed by atoms with Crippen molar-refractivity contribution in [1.29, 1.82) is 0 Å². The Labute approximate surface area is 197 Å². The summed E-state index contributed by atoms with van der Waals surface area (Å²) in [7, 11) is 0. The molecule has 5 nitrogen and oxygen atoms in total. The fourth-order valence-corrected chi connectivity index (χ4v) is 4.72. The van der Waals surface area contributed by atoms with Gasteiger partial charge in [-0.25, -0.2) is 0 Å². The van der Waals surface area contributed by atoms with Crippen LogP contribution in [-0.4, -0.2) is 23.4 Å². The Hall–Kier alpha value is -2.82. The number of carbonyl (C=O) groups is 1. The fourth-order valence-electron chi connectivity index (χ4n) is 4.72. The standard InChI is InChI=1S/C26H31NO4.C2H6/c1-17-10-12-26(2,3)23-9-4-18(14-21(17)23)16-30-20-7-5-19(6-8-20)22(15-25(28)29)24-11-13-31-27-24;1-2/h4-9,14,17,22H,10-13,15-16H2,1-3H3,(H,28,29);1-2H3. The van der Waals surface area contributed by atoms with Gasteiger partial charge < -0.3 is 14.7 Å². The number of ether oxygens (including phenoxy) is 1. The summed E-state index contributed by atoms with van der Waals surface area (Å²) in [6.45, 7) is 12.0. The van der Waals surface area contributed by atoms with Crippen LogP contribution in [0, 0.1) is 0 Å². The van der Waals surface area contributed by atoms with Gasteiger partial charge in [0.2, 0.25) is 0 Å². The van der Waals surface area contributed by atoms with E-state index in [0.717, 1.165) is 17.0 Å². The highest BCUT2D eigenvalue weighted by molar-refractivity contribution is 5.94. The van der Waals surface area contributed by atoms with Crippen molar-refractivity contribution in [2.24, 2.45) is 5.16 Å². The third kappa shape index (κ3) is 5.95. The van der Waals surface area contributed by atoms with Gasteiger partial charge >= 0.3 is 5.97 Å². The summed E-state index contributed by atoms with van der Waals surface area (Å²) in [5, 5.41) is 13.3. The second-order valence-corrected chi connectivity index (χ2v) is 9.42. The van der Waals surface area contributed by atoms with E-state index in [9.17, 15) is 9.90 Å². The number of benzene rings is 2. The van der Waals surface area contributed by atoms with Crippen LogP contribution in [0.5, 0.6) is 5.75 Å². The first-order chi connectivity index (χ1) is 15.8. The molecule has 2 atom stereocenters. The zero-order valence-electron chi connectivity index (χ0n) is 20.6. The first kappa shape index (κ1) is 24.8. The van der Waals surface area contributed by atoms with Crippen molar-refractivity contribution in [3.8, 4) is 5.75 Å². The zero-order chi connectivity index (χ0) is 24.0. The highest BCUT2D eigenvalue weighted by Gasteiger charge is 2.30. The Morgan fingerprint density at radius 2 is 1.94 bits per heavy atom. The largest absolute Gasteiger partial charge is 0.489 e. The maximum absolute atomic E-state index is 11.3. The normalized spacial score (nSPS) is 19.3. The van der Waals surface area contributed by atoms with Crippen molar-refractivity contribution in [3.63, 3.8) is 0 Å². The minimum Gasteiger partial charge on any atom is -0.489 e. The van der Waals surface area contributed by atoms with Crippen molar-refractivity contribution in [1.82, 2.24) is 0 Å². The minimum atomic E-state index is -0.843. The molecule has 0 aromatic heterocycles. The molecule has 178 valence electrons. The number of rotatable bonds is 7. The predicted octanol–water partition coefficient (Wildman–Crippen LogP) is 6.80. The molecule has 1 N–H and O–H groups in total. The van der Waals surface area contributed by atoms with Crippen LogP contribution < -0.4 is 4.74 Å². The zero-order valence-corrected chi connectivity index (χ0v) is 20.6. The van der Waals surface area contributed by atoms with E-state index in [1.165, 1.54) is 29.5 Å². The maximum atomic E-state index is 11.3. The molecule has 1 heterocycles. The van der Waals surface area contributed by atoms with E-state index >= 15 is 0 Å². The molecule has 0 saturated carbocycles. The van der Waals surface area contributed by atoms with Crippen LogP contribution >= 0.6 is 0 Å². The highest BCUT2D eigenvalue weighted by Crippen LogP contribution is 2.42. The Bertz CT molecular complexity index is 978. The van der Waals surface area contributed by atoms with Gasteiger partial charge in [0.05, 0.1) is 12.1 Å². The van der Waals surface area contributed by atoms with Crippen LogP contribution in [0.1, 0.15) is 94.4 Å². The summed E-state index contributed by atoms with van der Waals surface area (Å²) >= 11 is 0. The van der Waals surface area contributed by atoms with Gasteiger partial charge in [-0.3, -0.25) is 4.79 Å². The van der Waals surface area contributed by atoms with E-state index in [4.69, 9.17) is 9.57 Å². The Kier molecular flexibility index (Phi) is 8.17. The average Bonchev–Trinajstić information content (AvgIpc) is 3.35. The van der Waals surface area contributed by atoms with Gasteiger partial charge in [-0.2, -0.15) is 0 Å². The summed E-state index contributed by atoms with van der Waals surface area (Å²) in [5.74, 6) is 0.244. The number of hydrogen-bond acceptors (Lipinski definition) is 4. The van der Waals surface area contributed by atoms with E-state index in [1.54, 1.807) is 0 Å². The van der Waals surface area contributed by atoms with Gasteiger partial charge in [0, 0.05) is 12.3 Å². The number of nitrogens with zero attached hydrogens (tertiary/aromatic N) is 1. The molecule has 5 heteroatoms. The molecular formula is C28H37NO4. The first-order valence-corrected chi connectivity index (χ1v) is 12.1. The lowest BCUT2D eigenvalue weighted by molar-refractivity contribution is -0.137. The number of oxime groups is 1. The van der Waals surface area contributed by atoms with Crippen LogP contribution in [0.15, 0.2) is 47.6 Å². The fraction of sp³-hybridized carbons (Fsp3) is 0.500. The highest BCUT2D eigenvalue weighted by atomic mass is 16.6. The number of fused-ring (bicyclic) bond motifs is 1. The lowest BCUT2D eigenvalue weighted by Gasteiger charge is -2.36. The third-order valence-corrected chi connectivity index (χ3v) is 6.68. The molecule has 2 unspecified atom stereocenters. The van der Waals surface area contributed by atoms with Crippen molar-refractivity contribution >= 4 is 11.7 Å². The Morgan fingerprint density at radius 3 is 2.58 bits per heavy atom. The van der Waals surface area contributed by atoms with E-state index in [-0.39, 0.29) is 17.8 Å². The quantitative estimate of drug-likeness (QED) is 0.502. The SMILES string of the molecule is CC.CC1CCC(C)(C)c2ccc(COc3ccc(C(CC(=O)O)C4=NOCC4)cc3)cc21. The van der Waals surface area contributed by atoms with Gasteiger partial charge in [-0.15, -0.1) is 0 Å². The van der Waals surface area contributed by atoms with Crippen LogP contribution in [0.25, 0.3) is 0 Å². The van der Waals surface area contributed by atoms with Gasteiger partial charge in [0.15, 0.2) is 0 Å². The molecule has 0 saturated heterocycles. The molecule has 0 bridgehead atoms. The van der Waals surface area contributed by atoms with E-state index < -0.39 is 5.97 Å². The topological polar surface area (TPSA) is 68.1 Å². The van der Waals surface area contributed by atoms with E-state index in [2.05, 4.69) is 44.1 Å². The molecule has 33 heavy (non-hydrogen) atoms. The molecule has 2 aromatic carbocycles. The number of hydrogen-bond donors (Lipinski definition) is 1. The second kappa shape index (κ2) is 10.9. The summed E-state index contributed by atoms with van der Waals surface area (Å²) in [5.41, 5.74) is 6.03. The molecular weight excluding hydrogens is 414 g/mol. The Morgan fingerprint density at radius 1 is 1.21 bits per heavy atom. The number of carboxylic acid groups (broad SMARTS) is 1. The van der Waals surface area contributed by atoms with Crippen LogP contribution in [0.4, 0.5) is 0 Å². The molecule has 0 fully saturated rings. The molecule has 0 amide bonds. The lowest BCUT2D eigenvalue weighted by atomic mass is 9.69. The summed E-state index contributed by atoms with van der Waals surface area (Å²) < 4.78 is 6.04. The van der Waals surface area contributed by atoms with Gasteiger partial charge in [0.1, 0.15) is 19.0 Å².